The van der Waals surface area contributed by atoms with Crippen molar-refractivity contribution >= 4 is 23.6 Å². The third kappa shape index (κ3) is 3.85. The molecule has 5 nitrogen and oxygen atoms in total. The van der Waals surface area contributed by atoms with E-state index in [4.69, 9.17) is 9.47 Å². The number of amides is 1. The number of benzene rings is 2. The van der Waals surface area contributed by atoms with Crippen LogP contribution in [0, 0.1) is 5.82 Å². The molecule has 1 aliphatic heterocycles. The zero-order valence-corrected chi connectivity index (χ0v) is 13.5. The van der Waals surface area contributed by atoms with Crippen LogP contribution in [-0.4, -0.2) is 24.6 Å². The summed E-state index contributed by atoms with van der Waals surface area (Å²) in [6.45, 7) is 1.49. The van der Waals surface area contributed by atoms with Gasteiger partial charge in [-0.1, -0.05) is 30.3 Å². The van der Waals surface area contributed by atoms with Gasteiger partial charge < -0.3 is 14.8 Å². The molecule has 2 aromatic rings. The standard InChI is InChI=1S/C19H16FNO4/c1-12(18(22)21-16-8-4-3-7-15(16)20)25-19(23)14-10-13-6-2-5-9-17(13)24-11-14/h2-10,12H,11H2,1H3,(H,21,22)/t12-/m1/s1. The number of rotatable bonds is 4. The number of nitrogens with one attached hydrogen (secondary N) is 1. The smallest absolute Gasteiger partial charge is 0.338 e. The Bertz CT molecular complexity index is 847. The van der Waals surface area contributed by atoms with Gasteiger partial charge in [0.05, 0.1) is 11.3 Å². The maximum Gasteiger partial charge on any atom is 0.338 e. The molecule has 0 aromatic heterocycles. The maximum absolute atomic E-state index is 13.6. The number of esters is 1. The Hall–Kier alpha value is -3.15. The molecule has 1 heterocycles. The lowest BCUT2D eigenvalue weighted by Crippen LogP contribution is -2.31. The first-order chi connectivity index (χ1) is 12.0. The monoisotopic (exact) mass is 341 g/mol. The quantitative estimate of drug-likeness (QED) is 0.868. The second-order valence-electron chi connectivity index (χ2n) is 5.51. The third-order valence-corrected chi connectivity index (χ3v) is 3.68. The normalized spacial score (nSPS) is 13.8. The van der Waals surface area contributed by atoms with Gasteiger partial charge in [0, 0.05) is 5.56 Å². The van der Waals surface area contributed by atoms with Crippen molar-refractivity contribution in [1.29, 1.82) is 0 Å². The van der Waals surface area contributed by atoms with Gasteiger partial charge >= 0.3 is 5.97 Å². The van der Waals surface area contributed by atoms with Crippen LogP contribution in [0.15, 0.2) is 54.1 Å². The summed E-state index contributed by atoms with van der Waals surface area (Å²) in [6.07, 6.45) is 0.591. The van der Waals surface area contributed by atoms with Crippen molar-refractivity contribution in [2.24, 2.45) is 0 Å². The van der Waals surface area contributed by atoms with Gasteiger partial charge in [0.25, 0.3) is 5.91 Å². The number of carbonyl (C=O) groups excluding carboxylic acids is 2. The highest BCUT2D eigenvalue weighted by Crippen LogP contribution is 2.26. The number of fused-ring (bicyclic) bond motifs is 1. The Morgan fingerprint density at radius 1 is 1.16 bits per heavy atom. The van der Waals surface area contributed by atoms with Gasteiger partial charge in [-0.15, -0.1) is 0 Å². The van der Waals surface area contributed by atoms with E-state index >= 15 is 0 Å². The molecule has 3 rings (SSSR count). The Kier molecular flexibility index (Phi) is 4.79. The fraction of sp³-hybridized carbons (Fsp3) is 0.158. The molecule has 0 spiro atoms. The van der Waals surface area contributed by atoms with Crippen LogP contribution >= 0.6 is 0 Å². The molecular formula is C19H16FNO4. The average Bonchev–Trinajstić information content (AvgIpc) is 2.63. The minimum atomic E-state index is -1.08. The Morgan fingerprint density at radius 3 is 2.68 bits per heavy atom. The summed E-state index contributed by atoms with van der Waals surface area (Å²) in [6, 6.07) is 13.1. The second kappa shape index (κ2) is 7.17. The highest BCUT2D eigenvalue weighted by atomic mass is 19.1. The number of carbonyl (C=O) groups is 2. The van der Waals surface area contributed by atoms with Gasteiger partial charge in [-0.3, -0.25) is 4.79 Å². The van der Waals surface area contributed by atoms with Crippen molar-refractivity contribution < 1.29 is 23.5 Å². The average molecular weight is 341 g/mol. The van der Waals surface area contributed by atoms with Crippen LogP contribution in [0.4, 0.5) is 10.1 Å². The molecular weight excluding hydrogens is 325 g/mol. The van der Waals surface area contributed by atoms with E-state index < -0.39 is 23.8 Å². The number of para-hydroxylation sites is 2. The number of ether oxygens (including phenoxy) is 2. The van der Waals surface area contributed by atoms with Crippen LogP contribution < -0.4 is 10.1 Å². The SMILES string of the molecule is C[C@@H](OC(=O)C1=Cc2ccccc2OC1)C(=O)Nc1ccccc1F. The van der Waals surface area contributed by atoms with E-state index in [9.17, 15) is 14.0 Å². The van der Waals surface area contributed by atoms with Crippen LogP contribution in [0.5, 0.6) is 5.75 Å². The molecule has 1 aliphatic rings. The van der Waals surface area contributed by atoms with Crippen molar-refractivity contribution in [3.63, 3.8) is 0 Å². The van der Waals surface area contributed by atoms with Gasteiger partial charge in [0.15, 0.2) is 6.10 Å². The first-order valence-corrected chi connectivity index (χ1v) is 7.73. The van der Waals surface area contributed by atoms with E-state index in [-0.39, 0.29) is 12.3 Å². The van der Waals surface area contributed by atoms with Crippen molar-refractivity contribution in [3.05, 3.63) is 65.5 Å². The summed E-state index contributed by atoms with van der Waals surface area (Å²) in [7, 11) is 0. The molecule has 6 heteroatoms. The number of halogens is 1. The largest absolute Gasteiger partial charge is 0.488 e. The third-order valence-electron chi connectivity index (χ3n) is 3.68. The van der Waals surface area contributed by atoms with E-state index in [1.54, 1.807) is 18.2 Å². The fourth-order valence-corrected chi connectivity index (χ4v) is 2.32. The number of hydrogen-bond acceptors (Lipinski definition) is 4. The predicted octanol–water partition coefficient (Wildman–Crippen LogP) is 3.17. The molecule has 1 amide bonds. The van der Waals surface area contributed by atoms with Gasteiger partial charge in [0.1, 0.15) is 18.2 Å². The highest BCUT2D eigenvalue weighted by molar-refractivity contribution is 5.99. The molecule has 0 fully saturated rings. The van der Waals surface area contributed by atoms with E-state index in [2.05, 4.69) is 5.32 Å². The van der Waals surface area contributed by atoms with Gasteiger partial charge in [-0.05, 0) is 31.2 Å². The Labute approximate surface area is 144 Å². The van der Waals surface area contributed by atoms with Gasteiger partial charge in [-0.2, -0.15) is 0 Å². The van der Waals surface area contributed by atoms with Crippen molar-refractivity contribution in [3.8, 4) is 5.75 Å². The predicted molar refractivity (Wildman–Crippen MR) is 90.5 cm³/mol. The van der Waals surface area contributed by atoms with Gasteiger partial charge in [-0.25, -0.2) is 9.18 Å². The minimum Gasteiger partial charge on any atom is -0.488 e. The maximum atomic E-state index is 13.6. The molecule has 1 atom stereocenters. The molecule has 0 saturated carbocycles. The molecule has 2 aromatic carbocycles. The molecule has 1 N–H and O–H groups in total. The number of hydrogen-bond donors (Lipinski definition) is 1. The first-order valence-electron chi connectivity index (χ1n) is 7.73. The summed E-state index contributed by atoms with van der Waals surface area (Å²) >= 11 is 0. The topological polar surface area (TPSA) is 64.6 Å². The molecule has 0 radical (unpaired) electrons. The molecule has 0 bridgehead atoms. The van der Waals surface area contributed by atoms with Crippen LogP contribution in [0.1, 0.15) is 12.5 Å². The summed E-state index contributed by atoms with van der Waals surface area (Å²) in [5.74, 6) is -1.14. The number of anilines is 1. The fourth-order valence-electron chi connectivity index (χ4n) is 2.32. The lowest BCUT2D eigenvalue weighted by Gasteiger charge is -2.19. The first kappa shape index (κ1) is 16.7. The highest BCUT2D eigenvalue weighted by Gasteiger charge is 2.23. The van der Waals surface area contributed by atoms with Crippen LogP contribution in [0.3, 0.4) is 0 Å². The Morgan fingerprint density at radius 2 is 1.88 bits per heavy atom. The van der Waals surface area contributed by atoms with E-state index in [1.165, 1.54) is 25.1 Å². The molecule has 0 saturated heterocycles. The van der Waals surface area contributed by atoms with Crippen molar-refractivity contribution in [2.45, 2.75) is 13.0 Å². The van der Waals surface area contributed by atoms with Gasteiger partial charge in [0.2, 0.25) is 0 Å². The van der Waals surface area contributed by atoms with Crippen LogP contribution in [-0.2, 0) is 14.3 Å². The van der Waals surface area contributed by atoms with Crippen molar-refractivity contribution in [2.75, 3.05) is 11.9 Å². The zero-order chi connectivity index (χ0) is 17.8. The van der Waals surface area contributed by atoms with E-state index in [0.717, 1.165) is 5.56 Å². The second-order valence-corrected chi connectivity index (χ2v) is 5.51. The zero-order valence-electron chi connectivity index (χ0n) is 13.5. The van der Waals surface area contributed by atoms with E-state index in [1.807, 2.05) is 18.2 Å². The molecule has 0 unspecified atom stereocenters. The summed E-state index contributed by atoms with van der Waals surface area (Å²) in [5, 5.41) is 2.39. The van der Waals surface area contributed by atoms with Crippen molar-refractivity contribution in [1.82, 2.24) is 0 Å². The summed E-state index contributed by atoms with van der Waals surface area (Å²) in [5.41, 5.74) is 1.11. The summed E-state index contributed by atoms with van der Waals surface area (Å²) in [4.78, 5) is 24.3. The molecule has 0 aliphatic carbocycles. The lowest BCUT2D eigenvalue weighted by atomic mass is 10.1. The minimum absolute atomic E-state index is 0.0320. The molecule has 25 heavy (non-hydrogen) atoms. The Balaban J connectivity index is 1.64. The summed E-state index contributed by atoms with van der Waals surface area (Å²) < 4.78 is 24.2. The van der Waals surface area contributed by atoms with Crippen LogP contribution in [0.2, 0.25) is 0 Å². The van der Waals surface area contributed by atoms with E-state index in [0.29, 0.717) is 11.3 Å². The van der Waals surface area contributed by atoms with Crippen LogP contribution in [0.25, 0.3) is 6.08 Å². The molecule has 128 valence electrons. The lowest BCUT2D eigenvalue weighted by molar-refractivity contribution is -0.149.